The van der Waals surface area contributed by atoms with E-state index in [1.165, 1.54) is 5.56 Å². The predicted octanol–water partition coefficient (Wildman–Crippen LogP) is 2.38. The third-order valence-electron chi connectivity index (χ3n) is 2.59. The van der Waals surface area contributed by atoms with Gasteiger partial charge in [-0.15, -0.1) is 0 Å². The lowest BCUT2D eigenvalue weighted by molar-refractivity contribution is 0.304. The van der Waals surface area contributed by atoms with Crippen LogP contribution < -0.4 is 10.2 Å². The number of rotatable bonds is 6. The van der Waals surface area contributed by atoms with Gasteiger partial charge < -0.3 is 15.3 Å². The summed E-state index contributed by atoms with van der Waals surface area (Å²) in [5.41, 5.74) is 2.40. The van der Waals surface area contributed by atoms with Crippen molar-refractivity contribution in [3.63, 3.8) is 0 Å². The summed E-state index contributed by atoms with van der Waals surface area (Å²) in [6.45, 7) is 5.92. The van der Waals surface area contributed by atoms with Crippen LogP contribution in [0.15, 0.2) is 22.7 Å². The molecule has 0 aliphatic rings. The van der Waals surface area contributed by atoms with Crippen molar-refractivity contribution in [3.05, 3.63) is 28.2 Å². The van der Waals surface area contributed by atoms with E-state index in [0.29, 0.717) is 12.6 Å². The monoisotopic (exact) mass is 300 g/mol. The summed E-state index contributed by atoms with van der Waals surface area (Å²) in [6.07, 6.45) is 0. The van der Waals surface area contributed by atoms with Crippen LogP contribution in [0.2, 0.25) is 0 Å². The van der Waals surface area contributed by atoms with E-state index in [1.807, 2.05) is 13.1 Å². The van der Waals surface area contributed by atoms with Crippen LogP contribution in [0.5, 0.6) is 0 Å². The number of halogens is 1. The predicted molar refractivity (Wildman–Crippen MR) is 76.5 cm³/mol. The Labute approximate surface area is 112 Å². The molecule has 2 N–H and O–H groups in total. The van der Waals surface area contributed by atoms with Crippen LogP contribution in [-0.2, 0) is 6.54 Å². The van der Waals surface area contributed by atoms with E-state index in [9.17, 15) is 0 Å². The number of anilines is 1. The van der Waals surface area contributed by atoms with Gasteiger partial charge in [-0.25, -0.2) is 0 Å². The van der Waals surface area contributed by atoms with E-state index < -0.39 is 0 Å². The molecule has 0 fully saturated rings. The SMILES string of the molecule is CC(C)NCc1ccc(Br)cc1N(C)CCO. The largest absolute Gasteiger partial charge is 0.395 e. The number of nitrogens with one attached hydrogen (secondary N) is 1. The second-order valence-electron chi connectivity index (χ2n) is 4.45. The normalized spacial score (nSPS) is 10.9. The molecule has 0 unspecified atom stereocenters. The summed E-state index contributed by atoms with van der Waals surface area (Å²) < 4.78 is 1.06. The summed E-state index contributed by atoms with van der Waals surface area (Å²) in [5.74, 6) is 0. The fourth-order valence-electron chi connectivity index (χ4n) is 1.63. The molecule has 96 valence electrons. The molecular weight excluding hydrogens is 280 g/mol. The molecule has 0 saturated heterocycles. The zero-order valence-electron chi connectivity index (χ0n) is 10.7. The average molecular weight is 301 g/mol. The van der Waals surface area contributed by atoms with Crippen LogP contribution in [0.25, 0.3) is 0 Å². The van der Waals surface area contributed by atoms with Gasteiger partial charge in [0.1, 0.15) is 0 Å². The lowest BCUT2D eigenvalue weighted by atomic mass is 10.1. The Morgan fingerprint density at radius 1 is 1.41 bits per heavy atom. The summed E-state index contributed by atoms with van der Waals surface area (Å²) in [6, 6.07) is 6.72. The molecule has 0 atom stereocenters. The molecule has 3 nitrogen and oxygen atoms in total. The van der Waals surface area contributed by atoms with Gasteiger partial charge in [-0.05, 0) is 17.7 Å². The Hall–Kier alpha value is -0.580. The smallest absolute Gasteiger partial charge is 0.0606 e. The van der Waals surface area contributed by atoms with E-state index in [2.05, 4.69) is 52.1 Å². The molecule has 0 heterocycles. The second kappa shape index (κ2) is 6.99. The van der Waals surface area contributed by atoms with Crippen LogP contribution in [0.3, 0.4) is 0 Å². The Morgan fingerprint density at radius 3 is 2.71 bits per heavy atom. The van der Waals surface area contributed by atoms with Gasteiger partial charge in [0.2, 0.25) is 0 Å². The number of hydrogen-bond acceptors (Lipinski definition) is 3. The van der Waals surface area contributed by atoms with Crippen LogP contribution in [0.4, 0.5) is 5.69 Å². The van der Waals surface area contributed by atoms with Crippen molar-refractivity contribution < 1.29 is 5.11 Å². The van der Waals surface area contributed by atoms with E-state index in [1.54, 1.807) is 0 Å². The third kappa shape index (κ3) is 4.66. The van der Waals surface area contributed by atoms with Gasteiger partial charge in [0.05, 0.1) is 6.61 Å². The van der Waals surface area contributed by atoms with Crippen molar-refractivity contribution in [1.29, 1.82) is 0 Å². The maximum atomic E-state index is 9.01. The highest BCUT2D eigenvalue weighted by atomic mass is 79.9. The zero-order chi connectivity index (χ0) is 12.8. The Kier molecular flexibility index (Phi) is 5.95. The first kappa shape index (κ1) is 14.5. The van der Waals surface area contributed by atoms with Gasteiger partial charge in [0, 0.05) is 36.3 Å². The van der Waals surface area contributed by atoms with Crippen LogP contribution in [0.1, 0.15) is 19.4 Å². The highest BCUT2D eigenvalue weighted by Crippen LogP contribution is 2.24. The third-order valence-corrected chi connectivity index (χ3v) is 3.09. The maximum absolute atomic E-state index is 9.01. The lowest BCUT2D eigenvalue weighted by Crippen LogP contribution is -2.26. The minimum absolute atomic E-state index is 0.167. The molecule has 0 bridgehead atoms. The lowest BCUT2D eigenvalue weighted by Gasteiger charge is -2.22. The molecule has 1 rings (SSSR count). The maximum Gasteiger partial charge on any atom is 0.0606 e. The van der Waals surface area contributed by atoms with Crippen molar-refractivity contribution >= 4 is 21.6 Å². The van der Waals surface area contributed by atoms with E-state index in [-0.39, 0.29) is 6.61 Å². The summed E-state index contributed by atoms with van der Waals surface area (Å²) >= 11 is 3.49. The Bertz CT molecular complexity index is 355. The number of nitrogens with zero attached hydrogens (tertiary/aromatic N) is 1. The average Bonchev–Trinajstić information content (AvgIpc) is 2.27. The molecule has 1 aromatic rings. The van der Waals surface area contributed by atoms with Gasteiger partial charge in [0.15, 0.2) is 0 Å². The van der Waals surface area contributed by atoms with Gasteiger partial charge in [-0.3, -0.25) is 0 Å². The molecule has 0 amide bonds. The van der Waals surface area contributed by atoms with Crippen molar-refractivity contribution in [2.24, 2.45) is 0 Å². The molecule has 0 aliphatic carbocycles. The Balaban J connectivity index is 2.87. The van der Waals surface area contributed by atoms with Crippen molar-refractivity contribution in [2.45, 2.75) is 26.4 Å². The summed E-state index contributed by atoms with van der Waals surface area (Å²) in [4.78, 5) is 2.07. The highest BCUT2D eigenvalue weighted by Gasteiger charge is 2.08. The van der Waals surface area contributed by atoms with Gasteiger partial charge in [0.25, 0.3) is 0 Å². The fraction of sp³-hybridized carbons (Fsp3) is 0.538. The van der Waals surface area contributed by atoms with Crippen LogP contribution >= 0.6 is 15.9 Å². The van der Waals surface area contributed by atoms with E-state index in [4.69, 9.17) is 5.11 Å². The van der Waals surface area contributed by atoms with Crippen LogP contribution in [0, 0.1) is 0 Å². The summed E-state index contributed by atoms with van der Waals surface area (Å²) in [5, 5.41) is 12.4. The van der Waals surface area contributed by atoms with Crippen molar-refractivity contribution in [2.75, 3.05) is 25.1 Å². The quantitative estimate of drug-likeness (QED) is 0.847. The van der Waals surface area contributed by atoms with Crippen molar-refractivity contribution in [3.8, 4) is 0 Å². The molecule has 17 heavy (non-hydrogen) atoms. The molecule has 0 spiro atoms. The molecular formula is C13H21BrN2O. The van der Waals surface area contributed by atoms with Crippen LogP contribution in [-0.4, -0.2) is 31.3 Å². The molecule has 1 aromatic carbocycles. The molecule has 0 aliphatic heterocycles. The van der Waals surface area contributed by atoms with Crippen molar-refractivity contribution in [1.82, 2.24) is 5.32 Å². The number of aliphatic hydroxyl groups is 1. The standard InChI is InChI=1S/C13H21BrN2O/c1-10(2)15-9-11-4-5-12(14)8-13(11)16(3)6-7-17/h4-5,8,10,15,17H,6-7,9H2,1-3H3. The van der Waals surface area contributed by atoms with Gasteiger partial charge >= 0.3 is 0 Å². The number of likely N-dealkylation sites (N-methyl/N-ethyl adjacent to an activating group) is 1. The highest BCUT2D eigenvalue weighted by molar-refractivity contribution is 9.10. The molecule has 0 aromatic heterocycles. The van der Waals surface area contributed by atoms with Gasteiger partial charge in [-0.2, -0.15) is 0 Å². The minimum atomic E-state index is 0.167. The molecule has 0 radical (unpaired) electrons. The van der Waals surface area contributed by atoms with E-state index in [0.717, 1.165) is 16.7 Å². The van der Waals surface area contributed by atoms with Gasteiger partial charge in [-0.1, -0.05) is 35.8 Å². The first-order valence-electron chi connectivity index (χ1n) is 5.88. The second-order valence-corrected chi connectivity index (χ2v) is 5.37. The Morgan fingerprint density at radius 2 is 2.12 bits per heavy atom. The number of benzene rings is 1. The first-order chi connectivity index (χ1) is 8.04. The number of aliphatic hydroxyl groups excluding tert-OH is 1. The molecule has 0 saturated carbocycles. The minimum Gasteiger partial charge on any atom is -0.395 e. The zero-order valence-corrected chi connectivity index (χ0v) is 12.3. The number of hydrogen-bond donors (Lipinski definition) is 2. The first-order valence-corrected chi connectivity index (χ1v) is 6.67. The topological polar surface area (TPSA) is 35.5 Å². The van der Waals surface area contributed by atoms with E-state index >= 15 is 0 Å². The fourth-order valence-corrected chi connectivity index (χ4v) is 1.98. The summed E-state index contributed by atoms with van der Waals surface area (Å²) in [7, 11) is 2.00. The molecule has 4 heteroatoms.